The van der Waals surface area contributed by atoms with Crippen LogP contribution in [0, 0.1) is 0 Å². The summed E-state index contributed by atoms with van der Waals surface area (Å²) in [6.45, 7) is 0.776. The molecule has 2 aromatic rings. The maximum absolute atomic E-state index is 13.2. The fraction of sp³-hybridized carbons (Fsp3) is 0.500. The van der Waals surface area contributed by atoms with Crippen LogP contribution in [0.5, 0.6) is 0 Å². The third-order valence-electron chi connectivity index (χ3n) is 4.07. The van der Waals surface area contributed by atoms with E-state index >= 15 is 0 Å². The Kier molecular flexibility index (Phi) is 3.32. The molecule has 3 rings (SSSR count). The molecule has 1 N–H and O–H groups in total. The maximum atomic E-state index is 13.2. The fourth-order valence-corrected chi connectivity index (χ4v) is 3.08. The highest BCUT2D eigenvalue weighted by atomic mass is 19.4. The molecule has 2 heterocycles. The van der Waals surface area contributed by atoms with E-state index in [1.165, 1.54) is 16.7 Å². The van der Waals surface area contributed by atoms with Crippen molar-refractivity contribution >= 4 is 11.0 Å². The minimum atomic E-state index is -4.48. The molecule has 1 fully saturated rings. The lowest BCUT2D eigenvalue weighted by Crippen LogP contribution is -2.38. The van der Waals surface area contributed by atoms with E-state index in [1.807, 2.05) is 11.9 Å². The molecular formula is C14H16F3N3O. The van der Waals surface area contributed by atoms with Crippen LogP contribution in [0.4, 0.5) is 13.2 Å². The first-order valence-corrected chi connectivity index (χ1v) is 6.90. The number of hydrogen-bond acceptors (Lipinski definition) is 2. The third-order valence-corrected chi connectivity index (χ3v) is 4.07. The minimum absolute atomic E-state index is 0.0475. The van der Waals surface area contributed by atoms with Crippen LogP contribution in [0.1, 0.15) is 31.0 Å². The van der Waals surface area contributed by atoms with Crippen LogP contribution in [0.25, 0.3) is 11.0 Å². The molecule has 1 atom stereocenters. The molecule has 1 saturated heterocycles. The van der Waals surface area contributed by atoms with Crippen molar-refractivity contribution in [1.82, 2.24) is 14.5 Å². The summed E-state index contributed by atoms with van der Waals surface area (Å²) >= 11 is 0. The van der Waals surface area contributed by atoms with Crippen molar-refractivity contribution in [2.45, 2.75) is 31.6 Å². The van der Waals surface area contributed by atoms with E-state index in [-0.39, 0.29) is 17.2 Å². The van der Waals surface area contributed by atoms with E-state index in [2.05, 4.69) is 4.98 Å². The number of nitrogens with one attached hydrogen (secondary N) is 1. The van der Waals surface area contributed by atoms with Gasteiger partial charge in [0.2, 0.25) is 0 Å². The molecule has 0 spiro atoms. The van der Waals surface area contributed by atoms with Gasteiger partial charge in [-0.2, -0.15) is 13.2 Å². The zero-order valence-corrected chi connectivity index (χ0v) is 11.6. The van der Waals surface area contributed by atoms with Gasteiger partial charge in [-0.3, -0.25) is 9.47 Å². The number of imidazole rings is 1. The third kappa shape index (κ3) is 2.35. The minimum Gasteiger partial charge on any atom is -0.305 e. The standard InChI is InChI=1S/C14H16F3N3O/c1-19-8-3-2-7-11(19)20-12-9(14(15,16)17)5-4-6-10(12)18-13(20)21/h4-6,11H,2-3,7-8H2,1H3,(H,18,21). The van der Waals surface area contributed by atoms with Gasteiger partial charge in [0.05, 0.1) is 22.8 Å². The highest BCUT2D eigenvalue weighted by Crippen LogP contribution is 2.36. The molecule has 0 bridgehead atoms. The largest absolute Gasteiger partial charge is 0.418 e. The van der Waals surface area contributed by atoms with Gasteiger partial charge in [-0.15, -0.1) is 0 Å². The molecule has 0 saturated carbocycles. The molecule has 0 amide bonds. The highest BCUT2D eigenvalue weighted by molar-refractivity contribution is 5.79. The average molecular weight is 299 g/mol. The topological polar surface area (TPSA) is 41.0 Å². The van der Waals surface area contributed by atoms with Gasteiger partial charge in [-0.05, 0) is 45.0 Å². The van der Waals surface area contributed by atoms with Crippen molar-refractivity contribution in [3.05, 3.63) is 34.2 Å². The number of halogens is 3. The van der Waals surface area contributed by atoms with Gasteiger partial charge in [0, 0.05) is 0 Å². The van der Waals surface area contributed by atoms with E-state index in [1.54, 1.807) is 0 Å². The molecule has 1 aliphatic rings. The number of fused-ring (bicyclic) bond motifs is 1. The Morgan fingerprint density at radius 3 is 2.71 bits per heavy atom. The number of rotatable bonds is 1. The van der Waals surface area contributed by atoms with Crippen LogP contribution in [0.3, 0.4) is 0 Å². The summed E-state index contributed by atoms with van der Waals surface area (Å²) in [7, 11) is 1.84. The quantitative estimate of drug-likeness (QED) is 0.879. The van der Waals surface area contributed by atoms with E-state index in [4.69, 9.17) is 0 Å². The number of hydrogen-bond donors (Lipinski definition) is 1. The van der Waals surface area contributed by atoms with E-state index in [9.17, 15) is 18.0 Å². The lowest BCUT2D eigenvalue weighted by molar-refractivity contribution is -0.136. The second kappa shape index (κ2) is 4.91. The summed E-state index contributed by atoms with van der Waals surface area (Å²) in [4.78, 5) is 16.7. The van der Waals surface area contributed by atoms with Crippen molar-refractivity contribution in [3.8, 4) is 0 Å². The lowest BCUT2D eigenvalue weighted by atomic mass is 10.1. The summed E-state index contributed by atoms with van der Waals surface area (Å²) < 4.78 is 40.9. The Bertz CT molecular complexity index is 716. The second-order valence-corrected chi connectivity index (χ2v) is 5.46. The average Bonchev–Trinajstić information content (AvgIpc) is 2.74. The highest BCUT2D eigenvalue weighted by Gasteiger charge is 2.36. The maximum Gasteiger partial charge on any atom is 0.418 e. The normalized spacial score (nSPS) is 21.0. The van der Waals surface area contributed by atoms with Crippen molar-refractivity contribution in [2.24, 2.45) is 0 Å². The molecule has 0 aliphatic carbocycles. The number of benzene rings is 1. The first kappa shape index (κ1) is 14.2. The molecule has 4 nitrogen and oxygen atoms in total. The Morgan fingerprint density at radius 1 is 1.29 bits per heavy atom. The first-order chi connectivity index (χ1) is 9.89. The summed E-state index contributed by atoms with van der Waals surface area (Å²) in [6.07, 6.45) is -2.24. The van der Waals surface area contributed by atoms with Gasteiger partial charge in [0.25, 0.3) is 0 Å². The number of aromatic nitrogens is 2. The predicted octanol–water partition coefficient (Wildman–Crippen LogP) is 2.96. The summed E-state index contributed by atoms with van der Waals surface area (Å²) in [5, 5.41) is 0. The Labute approximate surface area is 119 Å². The Morgan fingerprint density at radius 2 is 2.05 bits per heavy atom. The molecule has 1 unspecified atom stereocenters. The van der Waals surface area contributed by atoms with Crippen LogP contribution in [0.2, 0.25) is 0 Å². The van der Waals surface area contributed by atoms with Crippen LogP contribution in [-0.4, -0.2) is 28.0 Å². The Hall–Kier alpha value is -1.76. The summed E-state index contributed by atoms with van der Waals surface area (Å²) in [5.74, 6) is 0. The van der Waals surface area contributed by atoms with Crippen molar-refractivity contribution in [2.75, 3.05) is 13.6 Å². The first-order valence-electron chi connectivity index (χ1n) is 6.90. The van der Waals surface area contributed by atoms with Gasteiger partial charge in [0.15, 0.2) is 0 Å². The number of aromatic amines is 1. The molecule has 1 aromatic heterocycles. The molecule has 114 valence electrons. The van der Waals surface area contributed by atoms with Crippen LogP contribution in [-0.2, 0) is 6.18 Å². The number of para-hydroxylation sites is 1. The summed E-state index contributed by atoms with van der Waals surface area (Å²) in [5.41, 5.74) is -1.07. The zero-order chi connectivity index (χ0) is 15.2. The van der Waals surface area contributed by atoms with Crippen molar-refractivity contribution < 1.29 is 13.2 Å². The SMILES string of the molecule is CN1CCCCC1n1c(=O)[nH]c2cccc(C(F)(F)F)c21. The van der Waals surface area contributed by atoms with E-state index < -0.39 is 17.4 Å². The molecule has 0 radical (unpaired) electrons. The molecule has 1 aliphatic heterocycles. The number of nitrogens with zero attached hydrogens (tertiary/aromatic N) is 2. The van der Waals surface area contributed by atoms with Crippen molar-refractivity contribution in [3.63, 3.8) is 0 Å². The smallest absolute Gasteiger partial charge is 0.305 e. The van der Waals surface area contributed by atoms with Gasteiger partial charge in [-0.25, -0.2) is 4.79 Å². The summed E-state index contributed by atoms with van der Waals surface area (Å²) in [6, 6.07) is 3.84. The van der Waals surface area contributed by atoms with Gasteiger partial charge in [-0.1, -0.05) is 6.07 Å². The van der Waals surface area contributed by atoms with E-state index in [0.29, 0.717) is 6.42 Å². The van der Waals surface area contributed by atoms with Crippen molar-refractivity contribution in [1.29, 1.82) is 0 Å². The number of piperidine rings is 1. The van der Waals surface area contributed by atoms with Gasteiger partial charge in [0.1, 0.15) is 0 Å². The fourth-order valence-electron chi connectivity index (χ4n) is 3.08. The van der Waals surface area contributed by atoms with E-state index in [0.717, 1.165) is 25.5 Å². The van der Waals surface area contributed by atoms with Crippen LogP contribution >= 0.6 is 0 Å². The zero-order valence-electron chi connectivity index (χ0n) is 11.6. The number of H-pyrrole nitrogens is 1. The predicted molar refractivity (Wildman–Crippen MR) is 73.1 cm³/mol. The molecular weight excluding hydrogens is 283 g/mol. The second-order valence-electron chi connectivity index (χ2n) is 5.46. The molecule has 21 heavy (non-hydrogen) atoms. The van der Waals surface area contributed by atoms with Gasteiger partial charge < -0.3 is 4.98 Å². The Balaban J connectivity index is 2.27. The van der Waals surface area contributed by atoms with Gasteiger partial charge >= 0.3 is 11.9 Å². The monoisotopic (exact) mass is 299 g/mol. The van der Waals surface area contributed by atoms with Crippen LogP contribution in [0.15, 0.2) is 23.0 Å². The number of likely N-dealkylation sites (tertiary alicyclic amines) is 1. The molecule has 1 aromatic carbocycles. The lowest BCUT2D eigenvalue weighted by Gasteiger charge is -2.33. The van der Waals surface area contributed by atoms with Crippen LogP contribution < -0.4 is 5.69 Å². The number of alkyl halides is 3. The molecule has 7 heteroatoms.